The van der Waals surface area contributed by atoms with Crippen molar-refractivity contribution >= 4 is 0 Å². The van der Waals surface area contributed by atoms with Gasteiger partial charge in [0.15, 0.2) is 0 Å². The minimum absolute atomic E-state index is 0.911. The topological polar surface area (TPSA) is 27.8 Å². The third-order valence-electron chi connectivity index (χ3n) is 2.85. The molecule has 1 aromatic heterocycles. The molecule has 0 bridgehead atoms. The predicted molar refractivity (Wildman–Crippen MR) is 68.5 cm³/mol. The third-order valence-corrected chi connectivity index (χ3v) is 2.85. The van der Waals surface area contributed by atoms with Gasteiger partial charge in [-0.3, -0.25) is 0 Å². The van der Waals surface area contributed by atoms with Crippen molar-refractivity contribution in [3.63, 3.8) is 0 Å². The fourth-order valence-electron chi connectivity index (χ4n) is 1.86. The van der Waals surface area contributed by atoms with Gasteiger partial charge in [0.2, 0.25) is 0 Å². The van der Waals surface area contributed by atoms with Gasteiger partial charge in [0.1, 0.15) is 0 Å². The van der Waals surface area contributed by atoms with Crippen molar-refractivity contribution < 1.29 is 0 Å². The molecule has 0 saturated carbocycles. The largest absolute Gasteiger partial charge is 0.358 e. The second-order valence-electron chi connectivity index (χ2n) is 4.23. The number of aryl methyl sites for hydroxylation is 2. The van der Waals surface area contributed by atoms with E-state index in [0.29, 0.717) is 0 Å². The van der Waals surface area contributed by atoms with Gasteiger partial charge in [0.05, 0.1) is 0 Å². The predicted octanol–water partition coefficient (Wildman–Crippen LogP) is 3.02. The standard InChI is InChI=1S/C14H18N2/c1-10-4-6-12(7-5-10)14-8-13(9-15-3)11(2)16-14/h4-8,15-16H,9H2,1-3H3. The molecule has 2 rings (SSSR count). The molecule has 0 atom stereocenters. The minimum atomic E-state index is 0.911. The lowest BCUT2D eigenvalue weighted by molar-refractivity contribution is 0.812. The summed E-state index contributed by atoms with van der Waals surface area (Å²) in [6, 6.07) is 10.8. The van der Waals surface area contributed by atoms with Crippen molar-refractivity contribution in [1.82, 2.24) is 10.3 Å². The van der Waals surface area contributed by atoms with Crippen molar-refractivity contribution in [2.75, 3.05) is 7.05 Å². The maximum absolute atomic E-state index is 3.43. The lowest BCUT2D eigenvalue weighted by Gasteiger charge is -1.98. The van der Waals surface area contributed by atoms with E-state index in [2.05, 4.69) is 54.5 Å². The third kappa shape index (κ3) is 2.17. The number of benzene rings is 1. The number of rotatable bonds is 3. The number of hydrogen-bond donors (Lipinski definition) is 2. The summed E-state index contributed by atoms with van der Waals surface area (Å²) >= 11 is 0. The minimum Gasteiger partial charge on any atom is -0.358 e. The molecule has 0 aliphatic rings. The molecule has 0 spiro atoms. The van der Waals surface area contributed by atoms with E-state index in [-0.39, 0.29) is 0 Å². The van der Waals surface area contributed by atoms with Crippen molar-refractivity contribution in [2.24, 2.45) is 0 Å². The fraction of sp³-hybridized carbons (Fsp3) is 0.286. The van der Waals surface area contributed by atoms with Gasteiger partial charge < -0.3 is 10.3 Å². The second-order valence-corrected chi connectivity index (χ2v) is 4.23. The van der Waals surface area contributed by atoms with E-state index < -0.39 is 0 Å². The van der Waals surface area contributed by atoms with Gasteiger partial charge in [0.25, 0.3) is 0 Å². The molecular formula is C14H18N2. The summed E-state index contributed by atoms with van der Waals surface area (Å²) < 4.78 is 0. The van der Waals surface area contributed by atoms with E-state index in [1.807, 2.05) is 7.05 Å². The summed E-state index contributed by atoms with van der Waals surface area (Å²) in [4.78, 5) is 3.43. The lowest BCUT2D eigenvalue weighted by atomic mass is 10.1. The lowest BCUT2D eigenvalue weighted by Crippen LogP contribution is -2.04. The van der Waals surface area contributed by atoms with Crippen LogP contribution < -0.4 is 5.32 Å². The van der Waals surface area contributed by atoms with Crippen LogP contribution in [0.5, 0.6) is 0 Å². The molecule has 0 aliphatic heterocycles. The average molecular weight is 214 g/mol. The van der Waals surface area contributed by atoms with E-state index >= 15 is 0 Å². The zero-order chi connectivity index (χ0) is 11.5. The van der Waals surface area contributed by atoms with Crippen molar-refractivity contribution in [1.29, 1.82) is 0 Å². The molecule has 16 heavy (non-hydrogen) atoms. The highest BCUT2D eigenvalue weighted by atomic mass is 14.8. The van der Waals surface area contributed by atoms with Gasteiger partial charge in [-0.2, -0.15) is 0 Å². The molecule has 2 nitrogen and oxygen atoms in total. The average Bonchev–Trinajstić information content (AvgIpc) is 2.62. The van der Waals surface area contributed by atoms with E-state index in [0.717, 1.165) is 6.54 Å². The zero-order valence-corrected chi connectivity index (χ0v) is 10.1. The van der Waals surface area contributed by atoms with Gasteiger partial charge in [-0.15, -0.1) is 0 Å². The second kappa shape index (κ2) is 4.54. The molecule has 1 aromatic carbocycles. The first-order valence-electron chi connectivity index (χ1n) is 5.61. The van der Waals surface area contributed by atoms with Crippen LogP contribution >= 0.6 is 0 Å². The van der Waals surface area contributed by atoms with Crippen LogP contribution in [0.3, 0.4) is 0 Å². The van der Waals surface area contributed by atoms with Gasteiger partial charge >= 0.3 is 0 Å². The van der Waals surface area contributed by atoms with Crippen molar-refractivity contribution in [3.8, 4) is 11.3 Å². The summed E-state index contributed by atoms with van der Waals surface area (Å²) in [6.45, 7) is 5.13. The number of nitrogens with one attached hydrogen (secondary N) is 2. The number of aromatic amines is 1. The molecule has 0 aliphatic carbocycles. The van der Waals surface area contributed by atoms with E-state index in [4.69, 9.17) is 0 Å². The number of H-pyrrole nitrogens is 1. The fourth-order valence-corrected chi connectivity index (χ4v) is 1.86. The van der Waals surface area contributed by atoms with E-state index in [1.165, 1.54) is 28.1 Å². The maximum atomic E-state index is 3.43. The summed E-state index contributed by atoms with van der Waals surface area (Å²) in [7, 11) is 1.97. The quantitative estimate of drug-likeness (QED) is 0.807. The van der Waals surface area contributed by atoms with E-state index in [1.54, 1.807) is 0 Å². The molecule has 84 valence electrons. The Hall–Kier alpha value is -1.54. The first kappa shape index (κ1) is 11.0. The van der Waals surface area contributed by atoms with Crippen LogP contribution in [0.4, 0.5) is 0 Å². The molecule has 0 unspecified atom stereocenters. The molecule has 0 radical (unpaired) electrons. The van der Waals surface area contributed by atoms with E-state index in [9.17, 15) is 0 Å². The Labute approximate surface area is 96.7 Å². The molecule has 2 aromatic rings. The van der Waals surface area contributed by atoms with Crippen LogP contribution in [-0.2, 0) is 6.54 Å². The monoisotopic (exact) mass is 214 g/mol. The Morgan fingerprint density at radius 1 is 1.12 bits per heavy atom. The molecule has 2 heteroatoms. The van der Waals surface area contributed by atoms with Gasteiger partial charge in [-0.25, -0.2) is 0 Å². The Kier molecular flexibility index (Phi) is 3.11. The first-order valence-corrected chi connectivity index (χ1v) is 5.61. The molecule has 2 N–H and O–H groups in total. The Morgan fingerprint density at radius 3 is 2.44 bits per heavy atom. The van der Waals surface area contributed by atoms with Gasteiger partial charge in [-0.1, -0.05) is 29.8 Å². The van der Waals surface area contributed by atoms with Crippen molar-refractivity contribution in [3.05, 3.63) is 47.2 Å². The van der Waals surface area contributed by atoms with Crippen LogP contribution in [0.1, 0.15) is 16.8 Å². The number of hydrogen-bond acceptors (Lipinski definition) is 1. The zero-order valence-electron chi connectivity index (χ0n) is 10.1. The summed E-state index contributed by atoms with van der Waals surface area (Å²) in [6.07, 6.45) is 0. The highest BCUT2D eigenvalue weighted by Crippen LogP contribution is 2.21. The Balaban J connectivity index is 2.33. The Morgan fingerprint density at radius 2 is 1.81 bits per heavy atom. The van der Waals surface area contributed by atoms with Crippen LogP contribution in [0, 0.1) is 13.8 Å². The maximum Gasteiger partial charge on any atom is 0.0459 e. The molecule has 1 heterocycles. The molecular weight excluding hydrogens is 196 g/mol. The SMILES string of the molecule is CNCc1cc(-c2ccc(C)cc2)[nH]c1C. The summed E-state index contributed by atoms with van der Waals surface area (Å²) in [5.41, 5.74) is 6.31. The highest BCUT2D eigenvalue weighted by Gasteiger charge is 2.05. The Bertz CT molecular complexity index is 466. The van der Waals surface area contributed by atoms with Gasteiger partial charge in [-0.05, 0) is 38.1 Å². The highest BCUT2D eigenvalue weighted by molar-refractivity contribution is 5.61. The molecule has 0 fully saturated rings. The van der Waals surface area contributed by atoms with Crippen LogP contribution in [0.15, 0.2) is 30.3 Å². The van der Waals surface area contributed by atoms with Crippen LogP contribution in [-0.4, -0.2) is 12.0 Å². The molecule has 0 saturated heterocycles. The van der Waals surface area contributed by atoms with Crippen LogP contribution in [0.25, 0.3) is 11.3 Å². The van der Waals surface area contributed by atoms with Gasteiger partial charge in [0, 0.05) is 17.9 Å². The van der Waals surface area contributed by atoms with Crippen molar-refractivity contribution in [2.45, 2.75) is 20.4 Å². The first-order chi connectivity index (χ1) is 7.70. The van der Waals surface area contributed by atoms with Crippen LogP contribution in [0.2, 0.25) is 0 Å². The molecule has 0 amide bonds. The normalized spacial score (nSPS) is 10.7. The number of aromatic nitrogens is 1. The summed E-state index contributed by atoms with van der Waals surface area (Å²) in [5, 5.41) is 3.18. The summed E-state index contributed by atoms with van der Waals surface area (Å²) in [5.74, 6) is 0. The smallest absolute Gasteiger partial charge is 0.0459 e.